The second-order valence-corrected chi connectivity index (χ2v) is 7.87. The Morgan fingerprint density at radius 2 is 2.04 bits per heavy atom. The van der Waals surface area contributed by atoms with Gasteiger partial charge in [0.05, 0.1) is 12.1 Å². The Kier molecular flexibility index (Phi) is 6.08. The van der Waals surface area contributed by atoms with E-state index in [1.54, 1.807) is 11.3 Å². The highest BCUT2D eigenvalue weighted by Gasteiger charge is 2.35. The van der Waals surface area contributed by atoms with Crippen LogP contribution in [0.1, 0.15) is 49.8 Å². The normalized spacial score (nSPS) is 29.3. The number of likely N-dealkylation sites (tertiary alicyclic amines) is 1. The van der Waals surface area contributed by atoms with Crippen molar-refractivity contribution in [1.82, 2.24) is 10.2 Å². The van der Waals surface area contributed by atoms with Gasteiger partial charge in [0, 0.05) is 17.3 Å². The van der Waals surface area contributed by atoms with E-state index in [4.69, 9.17) is 0 Å². The largest absolute Gasteiger partial charge is 0.389 e. The minimum atomic E-state index is -0.429. The first kappa shape index (κ1) is 16.9. The molecule has 2 N–H and O–H groups in total. The van der Waals surface area contributed by atoms with Crippen LogP contribution in [0, 0.1) is 0 Å². The quantitative estimate of drug-likeness (QED) is 0.813. The molecule has 2 heterocycles. The fraction of sp³-hybridized carbons (Fsp3) is 0.722. The van der Waals surface area contributed by atoms with Gasteiger partial charge in [-0.05, 0) is 56.6 Å². The lowest BCUT2D eigenvalue weighted by Gasteiger charge is -2.34. The Morgan fingerprint density at radius 3 is 2.78 bits per heavy atom. The standard InChI is InChI=1S/C18H28N2O2S/c21-17(10-9-14-6-5-13-23-14)19-15-7-1-2-8-16(18(15)22)20-11-3-4-12-20/h5-6,13,15-16,18,22H,1-4,7-12H2,(H,19,21)/t15-,16-,18-/m1/s1. The average molecular weight is 337 g/mol. The van der Waals surface area contributed by atoms with Gasteiger partial charge in [-0.25, -0.2) is 0 Å². The molecule has 0 spiro atoms. The van der Waals surface area contributed by atoms with E-state index in [2.05, 4.69) is 16.3 Å². The molecule has 2 aliphatic rings. The smallest absolute Gasteiger partial charge is 0.220 e. The number of nitrogens with zero attached hydrogens (tertiary/aromatic N) is 1. The number of carbonyl (C=O) groups is 1. The molecule has 0 aromatic carbocycles. The summed E-state index contributed by atoms with van der Waals surface area (Å²) in [4.78, 5) is 15.9. The summed E-state index contributed by atoms with van der Waals surface area (Å²) in [7, 11) is 0. The Balaban J connectivity index is 1.53. The topological polar surface area (TPSA) is 52.6 Å². The number of hydrogen-bond donors (Lipinski definition) is 2. The van der Waals surface area contributed by atoms with E-state index in [-0.39, 0.29) is 18.0 Å². The fourth-order valence-corrected chi connectivity index (χ4v) is 4.64. The molecule has 1 aliphatic carbocycles. The number of amides is 1. The number of nitrogens with one attached hydrogen (secondary N) is 1. The third-order valence-corrected chi connectivity index (χ3v) is 6.14. The van der Waals surface area contributed by atoms with Gasteiger partial charge in [0.2, 0.25) is 5.91 Å². The molecule has 1 saturated carbocycles. The molecule has 4 nitrogen and oxygen atoms in total. The lowest BCUT2D eigenvalue weighted by Crippen LogP contribution is -2.52. The van der Waals surface area contributed by atoms with E-state index < -0.39 is 6.10 Å². The third-order valence-electron chi connectivity index (χ3n) is 5.21. The molecular formula is C18H28N2O2S. The molecule has 0 bridgehead atoms. The van der Waals surface area contributed by atoms with E-state index >= 15 is 0 Å². The minimum absolute atomic E-state index is 0.0736. The zero-order valence-electron chi connectivity index (χ0n) is 13.7. The molecule has 2 fully saturated rings. The zero-order valence-corrected chi connectivity index (χ0v) is 14.6. The second-order valence-electron chi connectivity index (χ2n) is 6.84. The van der Waals surface area contributed by atoms with Crippen molar-refractivity contribution in [3.8, 4) is 0 Å². The SMILES string of the molecule is O=C(CCc1cccs1)N[C@@H]1CCCC[C@@H](N2CCCC2)[C@@H]1O. The zero-order chi connectivity index (χ0) is 16.1. The van der Waals surface area contributed by atoms with Crippen molar-refractivity contribution in [1.29, 1.82) is 0 Å². The van der Waals surface area contributed by atoms with Crippen molar-refractivity contribution in [3.63, 3.8) is 0 Å². The molecule has 3 rings (SSSR count). The molecule has 1 aromatic heterocycles. The monoisotopic (exact) mass is 336 g/mol. The van der Waals surface area contributed by atoms with Gasteiger partial charge >= 0.3 is 0 Å². The van der Waals surface area contributed by atoms with E-state index in [1.807, 2.05) is 11.4 Å². The number of aryl methyl sites for hydroxylation is 1. The van der Waals surface area contributed by atoms with Gasteiger partial charge in [-0.1, -0.05) is 18.9 Å². The number of thiophene rings is 1. The summed E-state index contributed by atoms with van der Waals surface area (Å²) in [5, 5.41) is 16.0. The van der Waals surface area contributed by atoms with Crippen LogP contribution in [0.3, 0.4) is 0 Å². The van der Waals surface area contributed by atoms with Gasteiger partial charge in [0.1, 0.15) is 0 Å². The van der Waals surface area contributed by atoms with Gasteiger partial charge in [-0.15, -0.1) is 11.3 Å². The summed E-state index contributed by atoms with van der Waals surface area (Å²) in [5.41, 5.74) is 0. The average Bonchev–Trinajstić information content (AvgIpc) is 3.22. The number of carbonyl (C=O) groups excluding carboxylic acids is 1. The van der Waals surface area contributed by atoms with Gasteiger partial charge < -0.3 is 10.4 Å². The number of hydrogen-bond acceptors (Lipinski definition) is 4. The molecule has 23 heavy (non-hydrogen) atoms. The first-order chi connectivity index (χ1) is 11.2. The maximum absolute atomic E-state index is 12.3. The summed E-state index contributed by atoms with van der Waals surface area (Å²) in [6.07, 6.45) is 7.55. The maximum Gasteiger partial charge on any atom is 0.220 e. The van der Waals surface area contributed by atoms with Crippen LogP contribution in [0.15, 0.2) is 17.5 Å². The molecular weight excluding hydrogens is 308 g/mol. The molecule has 0 radical (unpaired) electrons. The number of aliphatic hydroxyl groups is 1. The Morgan fingerprint density at radius 1 is 1.26 bits per heavy atom. The van der Waals surface area contributed by atoms with Crippen LogP contribution >= 0.6 is 11.3 Å². The fourth-order valence-electron chi connectivity index (χ4n) is 3.93. The molecule has 128 valence electrons. The lowest BCUT2D eigenvalue weighted by molar-refractivity contribution is -0.123. The van der Waals surface area contributed by atoms with E-state index in [1.165, 1.54) is 17.7 Å². The van der Waals surface area contributed by atoms with Gasteiger partial charge in [-0.3, -0.25) is 9.69 Å². The maximum atomic E-state index is 12.3. The van der Waals surface area contributed by atoms with Crippen molar-refractivity contribution in [2.45, 2.75) is 69.6 Å². The Hall–Kier alpha value is -0.910. The first-order valence-electron chi connectivity index (χ1n) is 8.98. The first-order valence-corrected chi connectivity index (χ1v) is 9.86. The van der Waals surface area contributed by atoms with Crippen LogP contribution in [-0.2, 0) is 11.2 Å². The van der Waals surface area contributed by atoms with Crippen LogP contribution in [-0.4, -0.2) is 47.2 Å². The number of aliphatic hydroxyl groups excluding tert-OH is 1. The lowest BCUT2D eigenvalue weighted by atomic mass is 10.00. The summed E-state index contributed by atoms with van der Waals surface area (Å²) in [5.74, 6) is 0.0736. The predicted octanol–water partition coefficient (Wildman–Crippen LogP) is 2.56. The summed E-state index contributed by atoms with van der Waals surface area (Å²) in [6, 6.07) is 4.23. The van der Waals surface area contributed by atoms with Crippen LogP contribution in [0.5, 0.6) is 0 Å². The van der Waals surface area contributed by atoms with Crippen molar-refractivity contribution < 1.29 is 9.90 Å². The molecule has 0 unspecified atom stereocenters. The highest BCUT2D eigenvalue weighted by Crippen LogP contribution is 2.26. The van der Waals surface area contributed by atoms with Crippen LogP contribution in [0.25, 0.3) is 0 Å². The van der Waals surface area contributed by atoms with Gasteiger partial charge in [0.15, 0.2) is 0 Å². The van der Waals surface area contributed by atoms with Crippen molar-refractivity contribution in [2.24, 2.45) is 0 Å². The Labute approximate surface area is 142 Å². The highest BCUT2D eigenvalue weighted by molar-refractivity contribution is 7.09. The number of rotatable bonds is 5. The molecule has 1 aromatic rings. The molecule has 5 heteroatoms. The van der Waals surface area contributed by atoms with Gasteiger partial charge in [-0.2, -0.15) is 0 Å². The van der Waals surface area contributed by atoms with E-state index in [9.17, 15) is 9.90 Å². The van der Waals surface area contributed by atoms with E-state index in [0.29, 0.717) is 6.42 Å². The van der Waals surface area contributed by atoms with E-state index in [0.717, 1.165) is 45.2 Å². The minimum Gasteiger partial charge on any atom is -0.389 e. The molecule has 3 atom stereocenters. The highest BCUT2D eigenvalue weighted by atomic mass is 32.1. The van der Waals surface area contributed by atoms with Crippen molar-refractivity contribution >= 4 is 17.2 Å². The molecule has 1 saturated heterocycles. The second kappa shape index (κ2) is 8.27. The molecule has 1 amide bonds. The van der Waals surface area contributed by atoms with Gasteiger partial charge in [0.25, 0.3) is 0 Å². The van der Waals surface area contributed by atoms with Crippen LogP contribution in [0.2, 0.25) is 0 Å². The van der Waals surface area contributed by atoms with Crippen LogP contribution < -0.4 is 5.32 Å². The van der Waals surface area contributed by atoms with Crippen molar-refractivity contribution in [3.05, 3.63) is 22.4 Å². The summed E-state index contributed by atoms with van der Waals surface area (Å²) in [6.45, 7) is 2.20. The van der Waals surface area contributed by atoms with Crippen LogP contribution in [0.4, 0.5) is 0 Å². The summed E-state index contributed by atoms with van der Waals surface area (Å²) >= 11 is 1.70. The van der Waals surface area contributed by atoms with Crippen molar-refractivity contribution in [2.75, 3.05) is 13.1 Å². The summed E-state index contributed by atoms with van der Waals surface area (Å²) < 4.78 is 0. The Bertz CT molecular complexity index is 485. The molecule has 1 aliphatic heterocycles. The third kappa shape index (κ3) is 4.55. The predicted molar refractivity (Wildman–Crippen MR) is 93.6 cm³/mol.